The smallest absolute Gasteiger partial charge is 0.296 e. The van der Waals surface area contributed by atoms with Crippen molar-refractivity contribution in [3.05, 3.63) is 94.1 Å². The number of aromatic amines is 1. The van der Waals surface area contributed by atoms with Crippen molar-refractivity contribution in [1.82, 2.24) is 9.97 Å². The Kier molecular flexibility index (Phi) is 4.02. The van der Waals surface area contributed by atoms with E-state index >= 15 is 0 Å². The van der Waals surface area contributed by atoms with Crippen LogP contribution in [-0.4, -0.2) is 26.8 Å². The van der Waals surface area contributed by atoms with Crippen LogP contribution in [0.1, 0.15) is 21.5 Å². The van der Waals surface area contributed by atoms with E-state index in [9.17, 15) is 14.7 Å². The third-order valence-electron chi connectivity index (χ3n) is 5.52. The van der Waals surface area contributed by atoms with Crippen molar-refractivity contribution in [2.24, 2.45) is 0 Å². The van der Waals surface area contributed by atoms with Gasteiger partial charge in [0.15, 0.2) is 11.5 Å². The van der Waals surface area contributed by atoms with Crippen LogP contribution < -0.4 is 4.90 Å². The van der Waals surface area contributed by atoms with Crippen molar-refractivity contribution in [3.8, 4) is 0 Å². The molecule has 6 rings (SSSR count). The molecule has 3 aromatic heterocycles. The number of fused-ring (bicyclic) bond motifs is 2. The number of aromatic nitrogens is 2. The first-order valence-electron chi connectivity index (χ1n) is 9.90. The molecule has 5 aromatic rings. The minimum atomic E-state index is -0.830. The van der Waals surface area contributed by atoms with Gasteiger partial charge in [0, 0.05) is 10.3 Å². The first kappa shape index (κ1) is 18.6. The number of rotatable bonds is 4. The monoisotopic (exact) mass is 441 g/mol. The summed E-state index contributed by atoms with van der Waals surface area (Å²) in [6.07, 6.45) is 0. The summed E-state index contributed by atoms with van der Waals surface area (Å²) in [6.45, 7) is 0. The number of furan rings is 1. The summed E-state index contributed by atoms with van der Waals surface area (Å²) in [6, 6.07) is 19.1. The van der Waals surface area contributed by atoms with Gasteiger partial charge >= 0.3 is 0 Å². The number of para-hydroxylation sites is 3. The number of hydrogen-bond acceptors (Lipinski definition) is 6. The van der Waals surface area contributed by atoms with Crippen molar-refractivity contribution < 1.29 is 19.1 Å². The maximum atomic E-state index is 13.5. The summed E-state index contributed by atoms with van der Waals surface area (Å²) in [7, 11) is 0. The largest absolute Gasteiger partial charge is 0.503 e. The quantitative estimate of drug-likeness (QED) is 0.376. The lowest BCUT2D eigenvalue weighted by Crippen LogP contribution is -2.31. The number of benzene rings is 2. The van der Waals surface area contributed by atoms with Crippen molar-refractivity contribution in [2.45, 2.75) is 6.04 Å². The zero-order chi connectivity index (χ0) is 21.8. The molecule has 1 atom stereocenters. The second-order valence-electron chi connectivity index (χ2n) is 7.41. The molecular formula is C24H15N3O4S. The van der Waals surface area contributed by atoms with Gasteiger partial charge in [0.05, 0.1) is 16.6 Å². The number of aliphatic hydroxyl groups is 1. The summed E-state index contributed by atoms with van der Waals surface area (Å²) in [5.74, 6) is -1.51. The molecule has 1 aliphatic heterocycles. The number of nitrogens with zero attached hydrogens (tertiary/aromatic N) is 2. The van der Waals surface area contributed by atoms with Crippen LogP contribution in [0.3, 0.4) is 0 Å². The molecule has 0 aliphatic carbocycles. The number of ketones is 1. The summed E-state index contributed by atoms with van der Waals surface area (Å²) >= 11 is 1.39. The molecule has 7 nitrogen and oxygen atoms in total. The zero-order valence-electron chi connectivity index (χ0n) is 16.5. The molecule has 0 saturated heterocycles. The van der Waals surface area contributed by atoms with E-state index in [4.69, 9.17) is 4.42 Å². The number of carbonyl (C=O) groups is 2. The standard InChI is InChI=1S/C24H15N3O4S/c28-21(17-12-13-6-1-4-9-16(13)31-17)19-20(18-10-5-11-32-18)27(23(30)22(19)29)24-25-14-7-2-3-8-15(14)26-24/h1-12,20,29H,(H,25,26). The molecule has 32 heavy (non-hydrogen) atoms. The first-order valence-corrected chi connectivity index (χ1v) is 10.8. The molecule has 2 aromatic carbocycles. The van der Waals surface area contributed by atoms with Gasteiger partial charge in [-0.2, -0.15) is 0 Å². The highest BCUT2D eigenvalue weighted by Gasteiger charge is 2.47. The molecule has 2 N–H and O–H groups in total. The molecule has 0 radical (unpaired) electrons. The van der Waals surface area contributed by atoms with Crippen LogP contribution in [-0.2, 0) is 4.79 Å². The molecule has 0 fully saturated rings. The number of anilines is 1. The van der Waals surface area contributed by atoms with E-state index in [2.05, 4.69) is 9.97 Å². The number of aliphatic hydroxyl groups excluding tert-OH is 1. The number of H-pyrrole nitrogens is 1. The maximum Gasteiger partial charge on any atom is 0.296 e. The maximum absolute atomic E-state index is 13.5. The van der Waals surface area contributed by atoms with Gasteiger partial charge in [0.1, 0.15) is 11.6 Å². The molecule has 4 heterocycles. The Balaban J connectivity index is 1.50. The van der Waals surface area contributed by atoms with E-state index in [-0.39, 0.29) is 17.3 Å². The van der Waals surface area contributed by atoms with Gasteiger partial charge in [0.2, 0.25) is 11.7 Å². The number of hydrogen-bond donors (Lipinski definition) is 2. The molecule has 0 bridgehead atoms. The van der Waals surface area contributed by atoms with Gasteiger partial charge in [-0.3, -0.25) is 14.5 Å². The van der Waals surface area contributed by atoms with Crippen molar-refractivity contribution in [2.75, 3.05) is 4.90 Å². The highest BCUT2D eigenvalue weighted by Crippen LogP contribution is 2.43. The van der Waals surface area contributed by atoms with E-state index in [0.717, 1.165) is 15.8 Å². The van der Waals surface area contributed by atoms with Crippen LogP contribution in [0.15, 0.2) is 87.9 Å². The van der Waals surface area contributed by atoms with Gasteiger partial charge in [-0.15, -0.1) is 11.3 Å². The van der Waals surface area contributed by atoms with Crippen LogP contribution in [0.4, 0.5) is 5.95 Å². The zero-order valence-corrected chi connectivity index (χ0v) is 17.3. The third kappa shape index (κ3) is 2.70. The average Bonchev–Trinajstić information content (AvgIpc) is 3.59. The van der Waals surface area contributed by atoms with Gasteiger partial charge in [-0.25, -0.2) is 4.98 Å². The van der Waals surface area contributed by atoms with Gasteiger partial charge in [0.25, 0.3) is 5.91 Å². The fraction of sp³-hybridized carbons (Fsp3) is 0.0417. The van der Waals surface area contributed by atoms with E-state index in [1.165, 1.54) is 16.2 Å². The molecule has 0 spiro atoms. The Morgan fingerprint density at radius 2 is 1.91 bits per heavy atom. The fourth-order valence-corrected chi connectivity index (χ4v) is 4.88. The summed E-state index contributed by atoms with van der Waals surface area (Å²) in [5.41, 5.74) is 1.95. The number of Topliss-reactive ketones (excluding diaryl/α,β-unsaturated/α-hetero) is 1. The molecule has 1 amide bonds. The predicted octanol–water partition coefficient (Wildman–Crippen LogP) is 5.15. The van der Waals surface area contributed by atoms with E-state index in [0.29, 0.717) is 11.1 Å². The van der Waals surface area contributed by atoms with E-state index in [1.54, 1.807) is 12.1 Å². The van der Waals surface area contributed by atoms with E-state index < -0.39 is 23.5 Å². The van der Waals surface area contributed by atoms with Crippen LogP contribution >= 0.6 is 11.3 Å². The van der Waals surface area contributed by atoms with Crippen molar-refractivity contribution in [1.29, 1.82) is 0 Å². The summed E-state index contributed by atoms with van der Waals surface area (Å²) in [4.78, 5) is 36.4. The summed E-state index contributed by atoms with van der Waals surface area (Å²) in [5, 5.41) is 13.5. The number of nitrogens with one attached hydrogen (secondary N) is 1. The second kappa shape index (κ2) is 6.93. The topological polar surface area (TPSA) is 99.4 Å². The number of thiophene rings is 1. The fourth-order valence-electron chi connectivity index (χ4n) is 4.05. The lowest BCUT2D eigenvalue weighted by atomic mass is 10.0. The first-order chi connectivity index (χ1) is 15.6. The minimum absolute atomic E-state index is 0.0306. The van der Waals surface area contributed by atoms with Crippen molar-refractivity contribution >= 4 is 51.0 Å². The summed E-state index contributed by atoms with van der Waals surface area (Å²) < 4.78 is 5.74. The Morgan fingerprint density at radius 1 is 1.09 bits per heavy atom. The Bertz CT molecular complexity index is 1480. The second-order valence-corrected chi connectivity index (χ2v) is 8.39. The number of amides is 1. The Hall–Kier alpha value is -4.17. The molecule has 1 unspecified atom stereocenters. The number of carbonyl (C=O) groups excluding carboxylic acids is 2. The SMILES string of the molecule is O=C(C1=C(O)C(=O)N(c2nc3ccccc3[nH]2)C1c1cccs1)c1cc2ccccc2o1. The van der Waals surface area contributed by atoms with Crippen LogP contribution in [0.5, 0.6) is 0 Å². The van der Waals surface area contributed by atoms with Crippen LogP contribution in [0, 0.1) is 0 Å². The Morgan fingerprint density at radius 3 is 2.69 bits per heavy atom. The number of imidazole rings is 1. The molecular weight excluding hydrogens is 426 g/mol. The van der Waals surface area contributed by atoms with Gasteiger partial charge < -0.3 is 14.5 Å². The van der Waals surface area contributed by atoms with Gasteiger partial charge in [-0.05, 0) is 35.7 Å². The normalized spacial score (nSPS) is 16.6. The van der Waals surface area contributed by atoms with E-state index in [1.807, 2.05) is 60.0 Å². The highest BCUT2D eigenvalue weighted by molar-refractivity contribution is 7.10. The lowest BCUT2D eigenvalue weighted by molar-refractivity contribution is -0.117. The predicted molar refractivity (Wildman–Crippen MR) is 121 cm³/mol. The molecule has 1 aliphatic rings. The van der Waals surface area contributed by atoms with Gasteiger partial charge in [-0.1, -0.05) is 36.4 Å². The minimum Gasteiger partial charge on any atom is -0.503 e. The lowest BCUT2D eigenvalue weighted by Gasteiger charge is -2.22. The average molecular weight is 441 g/mol. The Labute approximate surface area is 185 Å². The molecule has 0 saturated carbocycles. The third-order valence-corrected chi connectivity index (χ3v) is 6.44. The van der Waals surface area contributed by atoms with Crippen molar-refractivity contribution in [3.63, 3.8) is 0 Å². The van der Waals surface area contributed by atoms with Crippen LogP contribution in [0.25, 0.3) is 22.0 Å². The van der Waals surface area contributed by atoms with Crippen LogP contribution in [0.2, 0.25) is 0 Å². The highest BCUT2D eigenvalue weighted by atomic mass is 32.1. The molecule has 8 heteroatoms. The molecule has 156 valence electrons.